The Morgan fingerprint density at radius 3 is 2.62 bits per heavy atom. The van der Waals surface area contributed by atoms with Crippen molar-refractivity contribution in [1.82, 2.24) is 14.6 Å². The quantitative estimate of drug-likeness (QED) is 0.693. The number of aromatic nitrogens is 3. The number of nitrogens with zero attached hydrogens (tertiary/aromatic N) is 3. The minimum atomic E-state index is -0.651. The number of hydrogen-bond acceptors (Lipinski definition) is 3. The van der Waals surface area contributed by atoms with Gasteiger partial charge in [-0.1, -0.05) is 17.7 Å². The molecule has 0 radical (unpaired) electrons. The molecule has 2 heterocycles. The van der Waals surface area contributed by atoms with Gasteiger partial charge in [0.1, 0.15) is 34.8 Å². The number of halogens is 3. The maximum Gasteiger partial charge on any atom is 0.183 e. The Balaban J connectivity index is 1.59. The van der Waals surface area contributed by atoms with Gasteiger partial charge in [-0.05, 0) is 37.0 Å². The lowest BCUT2D eigenvalue weighted by Crippen LogP contribution is -2.03. The molecular formula is C17H14ClF2N3O. The summed E-state index contributed by atoms with van der Waals surface area (Å²) in [7, 11) is 0. The molecule has 1 saturated carbocycles. The molecule has 1 fully saturated rings. The number of benzene rings is 1. The van der Waals surface area contributed by atoms with Crippen molar-refractivity contribution in [2.75, 3.05) is 0 Å². The fraction of sp³-hybridized carbons (Fsp3) is 0.294. The van der Waals surface area contributed by atoms with E-state index in [2.05, 4.69) is 10.2 Å². The summed E-state index contributed by atoms with van der Waals surface area (Å²) in [5.74, 6) is 0.553. The van der Waals surface area contributed by atoms with Crippen LogP contribution in [0.5, 0.6) is 5.75 Å². The minimum Gasteiger partial charge on any atom is -0.487 e. The fourth-order valence-corrected chi connectivity index (χ4v) is 2.85. The second-order valence-corrected chi connectivity index (χ2v) is 6.32. The lowest BCUT2D eigenvalue weighted by Gasteiger charge is -2.10. The maximum absolute atomic E-state index is 13.7. The lowest BCUT2D eigenvalue weighted by molar-refractivity contribution is 0.292. The van der Waals surface area contributed by atoms with E-state index in [-0.39, 0.29) is 17.2 Å². The standard InChI is InChI=1S/C17H14ClF2N3O/c18-16-14(24-9-11-12(19)2-1-3-13(11)20)6-7-23-15(8-10-4-5-10)21-22-17(16)23/h1-3,6-7,10H,4-5,8-9H2. The van der Waals surface area contributed by atoms with Gasteiger partial charge in [0.25, 0.3) is 0 Å². The fourth-order valence-electron chi connectivity index (χ4n) is 2.61. The van der Waals surface area contributed by atoms with Gasteiger partial charge < -0.3 is 4.74 Å². The summed E-state index contributed by atoms with van der Waals surface area (Å²) in [6.07, 6.45) is 5.08. The monoisotopic (exact) mass is 349 g/mol. The van der Waals surface area contributed by atoms with Gasteiger partial charge in [-0.3, -0.25) is 4.40 Å². The zero-order valence-corrected chi connectivity index (χ0v) is 13.4. The molecule has 3 aromatic rings. The molecule has 24 heavy (non-hydrogen) atoms. The maximum atomic E-state index is 13.7. The van der Waals surface area contributed by atoms with Gasteiger partial charge in [-0.15, -0.1) is 10.2 Å². The van der Waals surface area contributed by atoms with E-state index in [0.29, 0.717) is 17.3 Å². The summed E-state index contributed by atoms with van der Waals surface area (Å²) in [5, 5.41) is 8.56. The van der Waals surface area contributed by atoms with Gasteiger partial charge >= 0.3 is 0 Å². The molecular weight excluding hydrogens is 336 g/mol. The van der Waals surface area contributed by atoms with Crippen LogP contribution in [0.3, 0.4) is 0 Å². The SMILES string of the molecule is Fc1cccc(F)c1COc1ccn2c(CC3CC3)nnc2c1Cl. The number of fused-ring (bicyclic) bond motifs is 1. The third-order valence-corrected chi connectivity index (χ3v) is 4.51. The second kappa shape index (κ2) is 6.02. The van der Waals surface area contributed by atoms with Crippen LogP contribution in [0.25, 0.3) is 5.65 Å². The lowest BCUT2D eigenvalue weighted by atomic mass is 10.2. The van der Waals surface area contributed by atoms with Crippen molar-refractivity contribution in [3.8, 4) is 5.75 Å². The van der Waals surface area contributed by atoms with E-state index >= 15 is 0 Å². The molecule has 0 aliphatic heterocycles. The summed E-state index contributed by atoms with van der Waals surface area (Å²) < 4.78 is 34.6. The molecule has 0 amide bonds. The average Bonchev–Trinajstić information content (AvgIpc) is 3.28. The molecule has 7 heteroatoms. The van der Waals surface area contributed by atoms with E-state index in [0.717, 1.165) is 12.2 Å². The third-order valence-electron chi connectivity index (χ3n) is 4.16. The molecule has 4 nitrogen and oxygen atoms in total. The van der Waals surface area contributed by atoms with Crippen LogP contribution in [0.15, 0.2) is 30.5 Å². The normalized spacial score (nSPS) is 14.3. The van der Waals surface area contributed by atoms with Gasteiger partial charge in [0.05, 0.1) is 5.56 Å². The highest BCUT2D eigenvalue weighted by Crippen LogP contribution is 2.34. The van der Waals surface area contributed by atoms with E-state index in [1.54, 1.807) is 12.3 Å². The van der Waals surface area contributed by atoms with Crippen LogP contribution < -0.4 is 4.74 Å². The van der Waals surface area contributed by atoms with Crippen molar-refractivity contribution in [2.24, 2.45) is 5.92 Å². The first-order valence-corrected chi connectivity index (χ1v) is 8.09. The molecule has 1 aromatic carbocycles. The number of hydrogen-bond donors (Lipinski definition) is 0. The Kier molecular flexibility index (Phi) is 3.84. The Labute approximate surface area is 142 Å². The van der Waals surface area contributed by atoms with E-state index < -0.39 is 11.6 Å². The summed E-state index contributed by atoms with van der Waals surface area (Å²) in [4.78, 5) is 0. The van der Waals surface area contributed by atoms with Gasteiger partial charge in [0.15, 0.2) is 5.65 Å². The molecule has 0 spiro atoms. The molecule has 0 bridgehead atoms. The average molecular weight is 350 g/mol. The van der Waals surface area contributed by atoms with Gasteiger partial charge in [0.2, 0.25) is 0 Å². The highest BCUT2D eigenvalue weighted by molar-refractivity contribution is 6.34. The topological polar surface area (TPSA) is 39.4 Å². The predicted molar refractivity (Wildman–Crippen MR) is 85.1 cm³/mol. The second-order valence-electron chi connectivity index (χ2n) is 5.94. The molecule has 0 atom stereocenters. The first-order chi connectivity index (χ1) is 11.6. The number of pyridine rings is 1. The molecule has 1 aliphatic carbocycles. The van der Waals surface area contributed by atoms with E-state index in [9.17, 15) is 8.78 Å². The molecule has 124 valence electrons. The molecule has 0 unspecified atom stereocenters. The first-order valence-electron chi connectivity index (χ1n) is 7.71. The summed E-state index contributed by atoms with van der Waals surface area (Å²) in [6.45, 7) is -0.253. The van der Waals surface area contributed by atoms with Gasteiger partial charge in [0, 0.05) is 12.6 Å². The molecule has 0 saturated heterocycles. The minimum absolute atomic E-state index is 0.135. The van der Waals surface area contributed by atoms with Crippen molar-refractivity contribution in [3.63, 3.8) is 0 Å². The van der Waals surface area contributed by atoms with Gasteiger partial charge in [-0.2, -0.15) is 0 Å². The highest BCUT2D eigenvalue weighted by Gasteiger charge is 2.24. The van der Waals surface area contributed by atoms with Crippen LogP contribution in [-0.2, 0) is 13.0 Å². The van der Waals surface area contributed by atoms with Crippen LogP contribution in [0.1, 0.15) is 24.2 Å². The van der Waals surface area contributed by atoms with Crippen molar-refractivity contribution in [2.45, 2.75) is 25.9 Å². The van der Waals surface area contributed by atoms with Crippen LogP contribution in [0, 0.1) is 17.6 Å². The predicted octanol–water partition coefficient (Wildman–Crippen LogP) is 4.19. The Morgan fingerprint density at radius 2 is 1.92 bits per heavy atom. The van der Waals surface area contributed by atoms with Crippen molar-refractivity contribution >= 4 is 17.2 Å². The van der Waals surface area contributed by atoms with Crippen molar-refractivity contribution < 1.29 is 13.5 Å². The largest absolute Gasteiger partial charge is 0.487 e. The molecule has 1 aliphatic rings. The zero-order chi connectivity index (χ0) is 16.7. The van der Waals surface area contributed by atoms with Crippen LogP contribution in [-0.4, -0.2) is 14.6 Å². The molecule has 2 aromatic heterocycles. The highest BCUT2D eigenvalue weighted by atomic mass is 35.5. The van der Waals surface area contributed by atoms with E-state index in [1.807, 2.05) is 4.40 Å². The number of ether oxygens (including phenoxy) is 1. The van der Waals surface area contributed by atoms with E-state index in [1.165, 1.54) is 31.0 Å². The van der Waals surface area contributed by atoms with Crippen LogP contribution in [0.2, 0.25) is 5.02 Å². The summed E-state index contributed by atoms with van der Waals surface area (Å²) in [5.41, 5.74) is 0.350. The van der Waals surface area contributed by atoms with Gasteiger partial charge in [-0.25, -0.2) is 8.78 Å². The van der Waals surface area contributed by atoms with E-state index in [4.69, 9.17) is 16.3 Å². The molecule has 0 N–H and O–H groups in total. The summed E-state index contributed by atoms with van der Waals surface area (Å²) >= 11 is 6.32. The summed E-state index contributed by atoms with van der Waals surface area (Å²) in [6, 6.07) is 5.35. The number of rotatable bonds is 5. The molecule has 4 rings (SSSR count). The zero-order valence-electron chi connectivity index (χ0n) is 12.7. The van der Waals surface area contributed by atoms with Crippen molar-refractivity contribution in [1.29, 1.82) is 0 Å². The Morgan fingerprint density at radius 1 is 1.17 bits per heavy atom. The smallest absolute Gasteiger partial charge is 0.183 e. The Bertz CT molecular complexity index is 888. The van der Waals surface area contributed by atoms with Crippen molar-refractivity contribution in [3.05, 3.63) is 58.5 Å². The third kappa shape index (κ3) is 2.82. The van der Waals surface area contributed by atoms with Crippen LogP contribution in [0.4, 0.5) is 8.78 Å². The first kappa shape index (κ1) is 15.3. The van der Waals surface area contributed by atoms with Crippen LogP contribution >= 0.6 is 11.6 Å². The Hall–Kier alpha value is -2.21.